The molecule has 2 aliphatic rings. The van der Waals surface area contributed by atoms with Crippen LogP contribution in [-0.4, -0.2) is 36.3 Å². The van der Waals surface area contributed by atoms with Crippen molar-refractivity contribution in [3.8, 4) is 5.75 Å². The predicted octanol–water partition coefficient (Wildman–Crippen LogP) is 2.37. The lowest BCUT2D eigenvalue weighted by atomic mass is 9.85. The van der Waals surface area contributed by atoms with Crippen molar-refractivity contribution in [3.63, 3.8) is 0 Å². The number of carbonyl (C=O) groups is 3. The highest BCUT2D eigenvalue weighted by atomic mass is 16.5. The molecule has 1 heterocycles. The van der Waals surface area contributed by atoms with Gasteiger partial charge >= 0.3 is 0 Å². The number of carbonyl (C=O) groups excluding carboxylic acids is 3. The molecule has 1 fully saturated rings. The van der Waals surface area contributed by atoms with Crippen LogP contribution in [0.25, 0.3) is 0 Å². The number of nitrogens with zero attached hydrogens (tertiary/aromatic N) is 1. The second-order valence-electron chi connectivity index (χ2n) is 6.37. The number of ether oxygens (including phenoxy) is 1. The van der Waals surface area contributed by atoms with E-state index in [0.29, 0.717) is 37.2 Å². The topological polar surface area (TPSA) is 75.7 Å². The lowest BCUT2D eigenvalue weighted by molar-refractivity contribution is -0.140. The number of likely N-dealkylation sites (tertiary alicyclic amines) is 1. The zero-order valence-corrected chi connectivity index (χ0v) is 14.2. The molecule has 0 aromatic heterocycles. The van der Waals surface area contributed by atoms with Gasteiger partial charge < -0.3 is 10.1 Å². The van der Waals surface area contributed by atoms with E-state index in [2.05, 4.69) is 5.32 Å². The second kappa shape index (κ2) is 7.51. The summed E-state index contributed by atoms with van der Waals surface area (Å²) in [6, 6.07) is 7.12. The van der Waals surface area contributed by atoms with E-state index in [-0.39, 0.29) is 36.0 Å². The summed E-state index contributed by atoms with van der Waals surface area (Å²) in [4.78, 5) is 38.1. The van der Waals surface area contributed by atoms with Gasteiger partial charge in [-0.1, -0.05) is 18.2 Å². The number of methoxy groups -OCH3 is 1. The fourth-order valence-corrected chi connectivity index (χ4v) is 3.41. The highest BCUT2D eigenvalue weighted by Crippen LogP contribution is 2.35. The number of imide groups is 1. The number of allylic oxidation sites excluding steroid dienone is 2. The molecule has 1 aromatic rings. The monoisotopic (exact) mass is 342 g/mol. The molecule has 132 valence electrons. The van der Waals surface area contributed by atoms with Gasteiger partial charge in [-0.15, -0.1) is 0 Å². The Hall–Kier alpha value is -2.63. The van der Waals surface area contributed by atoms with E-state index in [9.17, 15) is 14.4 Å². The minimum Gasteiger partial charge on any atom is -0.497 e. The minimum absolute atomic E-state index is 0.0902. The van der Waals surface area contributed by atoms with Gasteiger partial charge in [0, 0.05) is 24.7 Å². The Morgan fingerprint density at radius 2 is 1.88 bits per heavy atom. The van der Waals surface area contributed by atoms with Crippen molar-refractivity contribution in [2.45, 2.75) is 25.7 Å². The smallest absolute Gasteiger partial charge is 0.233 e. The van der Waals surface area contributed by atoms with Crippen molar-refractivity contribution < 1.29 is 19.1 Å². The molecular weight excluding hydrogens is 320 g/mol. The maximum Gasteiger partial charge on any atom is 0.233 e. The number of hydrogen-bond acceptors (Lipinski definition) is 4. The van der Waals surface area contributed by atoms with Crippen molar-refractivity contribution in [1.82, 2.24) is 4.90 Å². The van der Waals surface area contributed by atoms with E-state index in [1.165, 1.54) is 4.90 Å². The van der Waals surface area contributed by atoms with E-state index in [4.69, 9.17) is 4.74 Å². The second-order valence-corrected chi connectivity index (χ2v) is 6.37. The lowest BCUT2D eigenvalue weighted by Crippen LogP contribution is -2.32. The van der Waals surface area contributed by atoms with Crippen LogP contribution in [0, 0.1) is 11.8 Å². The van der Waals surface area contributed by atoms with Gasteiger partial charge in [0.05, 0.1) is 18.9 Å². The van der Waals surface area contributed by atoms with Gasteiger partial charge in [-0.3, -0.25) is 19.3 Å². The van der Waals surface area contributed by atoms with Crippen LogP contribution in [0.5, 0.6) is 5.75 Å². The molecule has 0 unspecified atom stereocenters. The summed E-state index contributed by atoms with van der Waals surface area (Å²) in [5, 5.41) is 2.80. The summed E-state index contributed by atoms with van der Waals surface area (Å²) in [7, 11) is 1.57. The van der Waals surface area contributed by atoms with Gasteiger partial charge in [0.25, 0.3) is 0 Å². The van der Waals surface area contributed by atoms with Gasteiger partial charge in [0.2, 0.25) is 17.7 Å². The molecule has 6 heteroatoms. The molecule has 1 saturated heterocycles. The number of nitrogens with one attached hydrogen (secondary N) is 1. The molecular formula is C19H22N2O4. The first-order valence-corrected chi connectivity index (χ1v) is 8.54. The van der Waals surface area contributed by atoms with Crippen molar-refractivity contribution in [3.05, 3.63) is 36.4 Å². The zero-order valence-electron chi connectivity index (χ0n) is 14.2. The van der Waals surface area contributed by atoms with E-state index in [1.54, 1.807) is 31.4 Å². The number of hydrogen-bond donors (Lipinski definition) is 1. The Bertz CT molecular complexity index is 687. The summed E-state index contributed by atoms with van der Waals surface area (Å²) >= 11 is 0. The number of anilines is 1. The van der Waals surface area contributed by atoms with Gasteiger partial charge in [0.15, 0.2) is 0 Å². The average molecular weight is 342 g/mol. The predicted molar refractivity (Wildman–Crippen MR) is 92.9 cm³/mol. The third-order valence-corrected chi connectivity index (χ3v) is 4.74. The fourth-order valence-electron chi connectivity index (χ4n) is 3.41. The molecule has 1 N–H and O–H groups in total. The minimum atomic E-state index is -0.205. The molecule has 1 aliphatic heterocycles. The van der Waals surface area contributed by atoms with Crippen LogP contribution in [0.15, 0.2) is 36.4 Å². The van der Waals surface area contributed by atoms with Crippen LogP contribution in [0.2, 0.25) is 0 Å². The van der Waals surface area contributed by atoms with Gasteiger partial charge in [-0.05, 0) is 31.4 Å². The molecule has 1 aliphatic carbocycles. The molecule has 3 amide bonds. The van der Waals surface area contributed by atoms with Crippen molar-refractivity contribution in [2.24, 2.45) is 11.8 Å². The quantitative estimate of drug-likeness (QED) is 0.636. The molecule has 1 aromatic carbocycles. The van der Waals surface area contributed by atoms with E-state index < -0.39 is 0 Å². The summed E-state index contributed by atoms with van der Waals surface area (Å²) in [6.07, 6.45) is 5.93. The van der Waals surface area contributed by atoms with E-state index in [0.717, 1.165) is 0 Å². The first kappa shape index (κ1) is 17.2. The summed E-state index contributed by atoms with van der Waals surface area (Å²) in [5.74, 6) is -0.0694. The van der Waals surface area contributed by atoms with Gasteiger partial charge in [-0.2, -0.15) is 0 Å². The summed E-state index contributed by atoms with van der Waals surface area (Å²) < 4.78 is 5.12. The summed E-state index contributed by atoms with van der Waals surface area (Å²) in [5.41, 5.74) is 0.662. The standard InChI is InChI=1S/C19H22N2O4/c1-25-14-7-4-6-13(12-14)20-17(22)10-5-11-21-18(23)15-8-2-3-9-16(15)19(21)24/h2-4,6-7,12,15-16H,5,8-11H2,1H3,(H,20,22)/t15-,16-/m1/s1. The Kier molecular flexibility index (Phi) is 5.16. The number of benzene rings is 1. The number of rotatable bonds is 6. The SMILES string of the molecule is COc1cccc(NC(=O)CCCN2C(=O)[C@@H]3CC=CC[C@H]3C2=O)c1. The van der Waals surface area contributed by atoms with Gasteiger partial charge in [0.1, 0.15) is 5.75 Å². The maximum atomic E-state index is 12.3. The van der Waals surface area contributed by atoms with Crippen LogP contribution in [0.4, 0.5) is 5.69 Å². The van der Waals surface area contributed by atoms with E-state index in [1.807, 2.05) is 12.2 Å². The zero-order chi connectivity index (χ0) is 17.8. The van der Waals surface area contributed by atoms with Crippen LogP contribution in [0.3, 0.4) is 0 Å². The first-order valence-electron chi connectivity index (χ1n) is 8.54. The van der Waals surface area contributed by atoms with Gasteiger partial charge in [-0.25, -0.2) is 0 Å². The number of amides is 3. The molecule has 0 radical (unpaired) electrons. The molecule has 2 atom stereocenters. The highest BCUT2D eigenvalue weighted by molar-refractivity contribution is 6.05. The van der Waals surface area contributed by atoms with Crippen molar-refractivity contribution in [2.75, 3.05) is 19.0 Å². The Morgan fingerprint density at radius 1 is 1.20 bits per heavy atom. The molecule has 0 saturated carbocycles. The Labute approximate surface area is 146 Å². The fraction of sp³-hybridized carbons (Fsp3) is 0.421. The molecule has 0 bridgehead atoms. The first-order chi connectivity index (χ1) is 12.1. The maximum absolute atomic E-state index is 12.3. The summed E-state index contributed by atoms with van der Waals surface area (Å²) in [6.45, 7) is 0.302. The third-order valence-electron chi connectivity index (χ3n) is 4.74. The van der Waals surface area contributed by atoms with E-state index >= 15 is 0 Å². The van der Waals surface area contributed by atoms with Crippen molar-refractivity contribution in [1.29, 1.82) is 0 Å². The lowest BCUT2D eigenvalue weighted by Gasteiger charge is -2.14. The molecule has 0 spiro atoms. The molecule has 25 heavy (non-hydrogen) atoms. The van der Waals surface area contributed by atoms with Crippen LogP contribution < -0.4 is 10.1 Å². The van der Waals surface area contributed by atoms with Crippen LogP contribution in [0.1, 0.15) is 25.7 Å². The van der Waals surface area contributed by atoms with Crippen LogP contribution >= 0.6 is 0 Å². The molecule has 6 nitrogen and oxygen atoms in total. The number of fused-ring (bicyclic) bond motifs is 1. The normalized spacial score (nSPS) is 22.0. The Balaban J connectivity index is 1.48. The highest BCUT2D eigenvalue weighted by Gasteiger charge is 2.46. The van der Waals surface area contributed by atoms with Crippen molar-refractivity contribution >= 4 is 23.4 Å². The molecule has 3 rings (SSSR count). The average Bonchev–Trinajstić information content (AvgIpc) is 2.87. The third kappa shape index (κ3) is 3.73. The Morgan fingerprint density at radius 3 is 2.52 bits per heavy atom. The van der Waals surface area contributed by atoms with Crippen LogP contribution in [-0.2, 0) is 14.4 Å². The largest absolute Gasteiger partial charge is 0.497 e.